The second kappa shape index (κ2) is 6.82. The molecule has 0 aliphatic heterocycles. The Bertz CT molecular complexity index is 717. The van der Waals surface area contributed by atoms with Crippen molar-refractivity contribution in [3.8, 4) is 6.07 Å². The maximum atomic E-state index is 12.2. The first-order valence-electron chi connectivity index (χ1n) is 6.25. The van der Waals surface area contributed by atoms with Crippen LogP contribution in [0, 0.1) is 11.3 Å². The van der Waals surface area contributed by atoms with Crippen LogP contribution in [-0.4, -0.2) is 15.3 Å². The fraction of sp³-hybridized carbons (Fsp3) is 0.125. The van der Waals surface area contributed by atoms with Gasteiger partial charge in [0.2, 0.25) is 0 Å². The number of carboxylic acids is 1. The predicted octanol–water partition coefficient (Wildman–Crippen LogP) is 2.71. The predicted molar refractivity (Wildman–Crippen MR) is 80.1 cm³/mol. The molecule has 0 heterocycles. The molecule has 0 aromatic heterocycles. The molecule has 0 amide bonds. The van der Waals surface area contributed by atoms with E-state index in [1.54, 1.807) is 30.3 Å². The van der Waals surface area contributed by atoms with Crippen LogP contribution in [-0.2, 0) is 22.3 Å². The summed E-state index contributed by atoms with van der Waals surface area (Å²) in [6.45, 7) is 0. The highest BCUT2D eigenvalue weighted by molar-refractivity contribution is 7.83. The number of nitrogens with zero attached hydrogens (tertiary/aromatic N) is 1. The van der Waals surface area contributed by atoms with E-state index in [0.29, 0.717) is 17.1 Å². The zero-order chi connectivity index (χ0) is 15.2. The smallest absolute Gasteiger partial charge is 0.335 e. The van der Waals surface area contributed by atoms with E-state index in [2.05, 4.69) is 6.07 Å². The first kappa shape index (κ1) is 14.9. The monoisotopic (exact) mass is 299 g/mol. The van der Waals surface area contributed by atoms with Gasteiger partial charge in [-0.1, -0.05) is 30.3 Å². The van der Waals surface area contributed by atoms with Gasteiger partial charge in [-0.15, -0.1) is 0 Å². The van der Waals surface area contributed by atoms with Crippen molar-refractivity contribution in [2.24, 2.45) is 0 Å². The number of hydrogen-bond acceptors (Lipinski definition) is 3. The average molecular weight is 299 g/mol. The molecule has 0 fully saturated rings. The molecule has 2 aromatic rings. The van der Waals surface area contributed by atoms with Gasteiger partial charge >= 0.3 is 5.97 Å². The molecule has 4 nitrogen and oxygen atoms in total. The van der Waals surface area contributed by atoms with Gasteiger partial charge in [-0.25, -0.2) is 4.79 Å². The van der Waals surface area contributed by atoms with Gasteiger partial charge in [0.1, 0.15) is 0 Å². The summed E-state index contributed by atoms with van der Waals surface area (Å²) in [6, 6.07) is 15.5. The third kappa shape index (κ3) is 4.01. The number of hydrogen-bond donors (Lipinski definition) is 1. The van der Waals surface area contributed by atoms with Crippen molar-refractivity contribution >= 4 is 16.8 Å². The van der Waals surface area contributed by atoms with E-state index in [1.807, 2.05) is 6.07 Å². The molecule has 0 bridgehead atoms. The highest BCUT2D eigenvalue weighted by Gasteiger charge is 2.08. The third-order valence-corrected chi connectivity index (χ3v) is 4.27. The van der Waals surface area contributed by atoms with Crippen LogP contribution in [0.25, 0.3) is 0 Å². The molecule has 21 heavy (non-hydrogen) atoms. The van der Waals surface area contributed by atoms with E-state index < -0.39 is 16.8 Å². The second-order valence-electron chi connectivity index (χ2n) is 4.50. The molecule has 0 spiro atoms. The van der Waals surface area contributed by atoms with Crippen molar-refractivity contribution < 1.29 is 14.1 Å². The Morgan fingerprint density at radius 3 is 2.38 bits per heavy atom. The molecule has 0 radical (unpaired) electrons. The molecule has 0 saturated heterocycles. The molecule has 2 aromatic carbocycles. The molecule has 0 saturated carbocycles. The molecule has 0 aliphatic rings. The molecular formula is C16H13NO3S. The van der Waals surface area contributed by atoms with Crippen LogP contribution < -0.4 is 0 Å². The van der Waals surface area contributed by atoms with Gasteiger partial charge in [-0.2, -0.15) is 5.26 Å². The van der Waals surface area contributed by atoms with Gasteiger partial charge in [0.05, 0.1) is 22.9 Å². The third-order valence-electron chi connectivity index (χ3n) is 2.98. The molecule has 1 atom stereocenters. The number of benzene rings is 2. The lowest BCUT2D eigenvalue weighted by Gasteiger charge is -2.05. The standard InChI is InChI=1S/C16H13NO3S/c17-9-14-3-1-2-4-15(14)11-21(20)10-12-5-7-13(8-6-12)16(18)19/h1-8H,10-11H2,(H,18,19). The Balaban J connectivity index is 2.05. The van der Waals surface area contributed by atoms with Crippen LogP contribution in [0.5, 0.6) is 0 Å². The minimum Gasteiger partial charge on any atom is -0.478 e. The summed E-state index contributed by atoms with van der Waals surface area (Å²) >= 11 is 0. The number of rotatable bonds is 5. The van der Waals surface area contributed by atoms with Crippen molar-refractivity contribution in [1.29, 1.82) is 5.26 Å². The van der Waals surface area contributed by atoms with Crippen LogP contribution in [0.3, 0.4) is 0 Å². The van der Waals surface area contributed by atoms with Gasteiger partial charge in [-0.3, -0.25) is 4.21 Å². The molecule has 0 aliphatic carbocycles. The fourth-order valence-corrected chi connectivity index (χ4v) is 3.17. The van der Waals surface area contributed by atoms with Crippen LogP contribution in [0.15, 0.2) is 48.5 Å². The van der Waals surface area contributed by atoms with E-state index >= 15 is 0 Å². The average Bonchev–Trinajstić information content (AvgIpc) is 2.48. The Kier molecular flexibility index (Phi) is 4.85. The van der Waals surface area contributed by atoms with Crippen LogP contribution in [0.1, 0.15) is 27.0 Å². The summed E-state index contributed by atoms with van der Waals surface area (Å²) in [5, 5.41) is 17.8. The maximum Gasteiger partial charge on any atom is 0.335 e. The summed E-state index contributed by atoms with van der Waals surface area (Å²) in [5.74, 6) is -0.338. The summed E-state index contributed by atoms with van der Waals surface area (Å²) in [7, 11) is -1.15. The highest BCUT2D eigenvalue weighted by Crippen LogP contribution is 2.13. The van der Waals surface area contributed by atoms with E-state index in [0.717, 1.165) is 11.1 Å². The summed E-state index contributed by atoms with van der Waals surface area (Å²) in [4.78, 5) is 10.8. The number of carbonyl (C=O) groups is 1. The first-order chi connectivity index (χ1) is 10.1. The zero-order valence-corrected chi connectivity index (χ0v) is 12.0. The van der Waals surface area contributed by atoms with Gasteiger partial charge in [0.15, 0.2) is 0 Å². The molecule has 5 heteroatoms. The topological polar surface area (TPSA) is 78.2 Å². The fourth-order valence-electron chi connectivity index (χ4n) is 1.91. The van der Waals surface area contributed by atoms with Crippen LogP contribution >= 0.6 is 0 Å². The Hall–Kier alpha value is -2.45. The highest BCUT2D eigenvalue weighted by atomic mass is 32.2. The van der Waals surface area contributed by atoms with E-state index in [4.69, 9.17) is 10.4 Å². The van der Waals surface area contributed by atoms with Crippen molar-refractivity contribution in [2.75, 3.05) is 0 Å². The summed E-state index contributed by atoms with van der Waals surface area (Å²) in [6.07, 6.45) is 0. The largest absolute Gasteiger partial charge is 0.478 e. The van der Waals surface area contributed by atoms with Gasteiger partial charge in [-0.05, 0) is 29.3 Å². The van der Waals surface area contributed by atoms with Crippen molar-refractivity contribution in [1.82, 2.24) is 0 Å². The lowest BCUT2D eigenvalue weighted by atomic mass is 10.1. The maximum absolute atomic E-state index is 12.2. The number of carboxylic acid groups (broad SMARTS) is 1. The summed E-state index contributed by atoms with van der Waals surface area (Å²) < 4.78 is 12.2. The Morgan fingerprint density at radius 2 is 1.76 bits per heavy atom. The minimum atomic E-state index is -1.15. The zero-order valence-electron chi connectivity index (χ0n) is 11.2. The minimum absolute atomic E-state index is 0.208. The molecule has 1 unspecified atom stereocenters. The van der Waals surface area contributed by atoms with Crippen molar-refractivity contribution in [2.45, 2.75) is 11.5 Å². The van der Waals surface area contributed by atoms with Crippen LogP contribution in [0.4, 0.5) is 0 Å². The lowest BCUT2D eigenvalue weighted by molar-refractivity contribution is 0.0697. The molecule has 106 valence electrons. The Morgan fingerprint density at radius 1 is 1.10 bits per heavy atom. The van der Waals surface area contributed by atoms with Crippen molar-refractivity contribution in [3.63, 3.8) is 0 Å². The Labute approximate surface area is 125 Å². The van der Waals surface area contributed by atoms with Gasteiger partial charge < -0.3 is 5.11 Å². The first-order valence-corrected chi connectivity index (χ1v) is 7.74. The lowest BCUT2D eigenvalue weighted by Crippen LogP contribution is -2.02. The van der Waals surface area contributed by atoms with Crippen LogP contribution in [0.2, 0.25) is 0 Å². The normalized spacial score (nSPS) is 11.6. The summed E-state index contributed by atoms with van der Waals surface area (Å²) in [5.41, 5.74) is 2.32. The molecule has 1 N–H and O–H groups in total. The van der Waals surface area contributed by atoms with E-state index in [-0.39, 0.29) is 5.56 Å². The quantitative estimate of drug-likeness (QED) is 0.920. The second-order valence-corrected chi connectivity index (χ2v) is 5.96. The number of nitriles is 1. The van der Waals surface area contributed by atoms with E-state index in [1.165, 1.54) is 12.1 Å². The molecular weight excluding hydrogens is 286 g/mol. The van der Waals surface area contributed by atoms with Gasteiger partial charge in [0, 0.05) is 16.6 Å². The van der Waals surface area contributed by atoms with Crippen molar-refractivity contribution in [3.05, 3.63) is 70.8 Å². The van der Waals surface area contributed by atoms with E-state index in [9.17, 15) is 9.00 Å². The SMILES string of the molecule is N#Cc1ccccc1CS(=O)Cc1ccc(C(=O)O)cc1. The van der Waals surface area contributed by atoms with Gasteiger partial charge in [0.25, 0.3) is 0 Å². The number of aromatic carboxylic acids is 1. The molecule has 2 rings (SSSR count).